The zero-order chi connectivity index (χ0) is 8.10. The number of imidazole rings is 1. The zero-order valence-corrected chi connectivity index (χ0v) is 6.37. The van der Waals surface area contributed by atoms with Crippen LogP contribution in [-0.2, 0) is 4.79 Å². The number of nitrogens with one attached hydrogen (secondary N) is 2. The van der Waals surface area contributed by atoms with Gasteiger partial charge in [-0.2, -0.15) is 0 Å². The number of hydrogen-bond acceptors (Lipinski definition) is 2. The van der Waals surface area contributed by atoms with Crippen molar-refractivity contribution >= 4 is 6.41 Å². The van der Waals surface area contributed by atoms with E-state index in [-0.39, 0.29) is 6.04 Å². The van der Waals surface area contributed by atoms with Crippen LogP contribution in [0.4, 0.5) is 0 Å². The second-order valence-corrected chi connectivity index (χ2v) is 2.22. The minimum atomic E-state index is 0.0162. The van der Waals surface area contributed by atoms with E-state index < -0.39 is 0 Å². The van der Waals surface area contributed by atoms with Gasteiger partial charge in [0.05, 0.1) is 6.04 Å². The van der Waals surface area contributed by atoms with E-state index in [0.717, 1.165) is 12.2 Å². The van der Waals surface area contributed by atoms with Crippen molar-refractivity contribution in [2.75, 3.05) is 0 Å². The molecule has 1 unspecified atom stereocenters. The van der Waals surface area contributed by atoms with Gasteiger partial charge < -0.3 is 10.3 Å². The highest BCUT2D eigenvalue weighted by Crippen LogP contribution is 2.09. The lowest BCUT2D eigenvalue weighted by Gasteiger charge is -2.09. The van der Waals surface area contributed by atoms with Crippen LogP contribution in [0.25, 0.3) is 0 Å². The molecule has 0 bridgehead atoms. The SMILES string of the molecule is CCC(NC=O)c1ncc[nH]1. The lowest BCUT2D eigenvalue weighted by molar-refractivity contribution is -0.110. The Bertz CT molecular complexity index is 207. The van der Waals surface area contributed by atoms with Crippen molar-refractivity contribution in [1.29, 1.82) is 0 Å². The van der Waals surface area contributed by atoms with Gasteiger partial charge in [0.1, 0.15) is 5.82 Å². The summed E-state index contributed by atoms with van der Waals surface area (Å²) in [5, 5.41) is 2.66. The Kier molecular flexibility index (Phi) is 2.66. The number of carbonyl (C=O) groups excluding carboxylic acids is 1. The first-order valence-corrected chi connectivity index (χ1v) is 3.57. The van der Waals surface area contributed by atoms with Crippen LogP contribution in [-0.4, -0.2) is 16.4 Å². The molecule has 0 radical (unpaired) electrons. The Hall–Kier alpha value is -1.32. The lowest BCUT2D eigenvalue weighted by Crippen LogP contribution is -2.19. The molecule has 0 fully saturated rings. The maximum atomic E-state index is 10.1. The standard InChI is InChI=1S/C7H11N3O/c1-2-6(10-5-11)7-8-3-4-9-7/h3-6H,2H2,1H3,(H,8,9)(H,10,11). The van der Waals surface area contributed by atoms with Gasteiger partial charge in [-0.1, -0.05) is 6.92 Å². The highest BCUT2D eigenvalue weighted by molar-refractivity contribution is 5.46. The molecule has 0 aliphatic heterocycles. The number of carbonyl (C=O) groups is 1. The van der Waals surface area contributed by atoms with Crippen molar-refractivity contribution in [3.8, 4) is 0 Å². The van der Waals surface area contributed by atoms with Gasteiger partial charge in [0.2, 0.25) is 6.41 Å². The van der Waals surface area contributed by atoms with E-state index in [9.17, 15) is 4.79 Å². The van der Waals surface area contributed by atoms with Crippen LogP contribution in [0.3, 0.4) is 0 Å². The summed E-state index contributed by atoms with van der Waals surface area (Å²) in [6.45, 7) is 1.99. The Labute approximate surface area is 65.0 Å². The Morgan fingerprint density at radius 3 is 3.18 bits per heavy atom. The quantitative estimate of drug-likeness (QED) is 0.622. The second-order valence-electron chi connectivity index (χ2n) is 2.22. The minimum absolute atomic E-state index is 0.0162. The number of hydrogen-bond donors (Lipinski definition) is 2. The van der Waals surface area contributed by atoms with E-state index in [1.807, 2.05) is 6.92 Å². The van der Waals surface area contributed by atoms with E-state index in [4.69, 9.17) is 0 Å². The maximum absolute atomic E-state index is 10.1. The molecule has 0 spiro atoms. The van der Waals surface area contributed by atoms with E-state index in [0.29, 0.717) is 6.41 Å². The molecular weight excluding hydrogens is 142 g/mol. The van der Waals surface area contributed by atoms with Gasteiger partial charge in [-0.25, -0.2) is 4.98 Å². The molecule has 60 valence electrons. The third-order valence-electron chi connectivity index (χ3n) is 1.53. The molecule has 1 atom stereocenters. The van der Waals surface area contributed by atoms with E-state index in [1.165, 1.54) is 0 Å². The van der Waals surface area contributed by atoms with Gasteiger partial charge in [-0.15, -0.1) is 0 Å². The Morgan fingerprint density at radius 1 is 1.91 bits per heavy atom. The van der Waals surface area contributed by atoms with Crippen molar-refractivity contribution in [3.05, 3.63) is 18.2 Å². The number of aromatic amines is 1. The van der Waals surface area contributed by atoms with E-state index in [2.05, 4.69) is 15.3 Å². The average Bonchev–Trinajstić information content (AvgIpc) is 2.52. The van der Waals surface area contributed by atoms with Gasteiger partial charge in [-0.3, -0.25) is 4.79 Å². The van der Waals surface area contributed by atoms with Crippen molar-refractivity contribution in [2.24, 2.45) is 0 Å². The first-order valence-electron chi connectivity index (χ1n) is 3.57. The van der Waals surface area contributed by atoms with Gasteiger partial charge in [0.15, 0.2) is 0 Å². The molecule has 1 aromatic heterocycles. The zero-order valence-electron chi connectivity index (χ0n) is 6.37. The lowest BCUT2D eigenvalue weighted by atomic mass is 10.2. The third kappa shape index (κ3) is 1.80. The molecule has 0 saturated heterocycles. The normalized spacial score (nSPS) is 12.5. The number of aromatic nitrogens is 2. The highest BCUT2D eigenvalue weighted by Gasteiger charge is 2.08. The first kappa shape index (κ1) is 7.78. The van der Waals surface area contributed by atoms with Crippen LogP contribution in [0.2, 0.25) is 0 Å². The predicted molar refractivity (Wildman–Crippen MR) is 40.8 cm³/mol. The van der Waals surface area contributed by atoms with Crippen molar-refractivity contribution < 1.29 is 4.79 Å². The molecule has 4 nitrogen and oxygen atoms in total. The number of H-pyrrole nitrogens is 1. The van der Waals surface area contributed by atoms with Crippen LogP contribution >= 0.6 is 0 Å². The summed E-state index contributed by atoms with van der Waals surface area (Å²) in [6.07, 6.45) is 4.94. The largest absolute Gasteiger partial charge is 0.349 e. The van der Waals surface area contributed by atoms with E-state index in [1.54, 1.807) is 12.4 Å². The second kappa shape index (κ2) is 3.75. The van der Waals surface area contributed by atoms with Crippen LogP contribution < -0.4 is 5.32 Å². The number of rotatable bonds is 4. The first-order chi connectivity index (χ1) is 5.38. The average molecular weight is 153 g/mol. The molecule has 11 heavy (non-hydrogen) atoms. The fraction of sp³-hybridized carbons (Fsp3) is 0.429. The molecular formula is C7H11N3O. The van der Waals surface area contributed by atoms with Crippen LogP contribution in [0.5, 0.6) is 0 Å². The van der Waals surface area contributed by atoms with Gasteiger partial charge in [-0.05, 0) is 6.42 Å². The summed E-state index contributed by atoms with van der Waals surface area (Å²) < 4.78 is 0. The Balaban J connectivity index is 2.62. The summed E-state index contributed by atoms with van der Waals surface area (Å²) in [7, 11) is 0. The maximum Gasteiger partial charge on any atom is 0.207 e. The molecule has 1 rings (SSSR count). The molecule has 0 aliphatic rings. The van der Waals surface area contributed by atoms with E-state index >= 15 is 0 Å². The summed E-state index contributed by atoms with van der Waals surface area (Å²) in [5.74, 6) is 0.805. The molecule has 1 amide bonds. The summed E-state index contributed by atoms with van der Waals surface area (Å²) in [6, 6.07) is 0.0162. The minimum Gasteiger partial charge on any atom is -0.349 e. The molecule has 1 aromatic rings. The summed E-state index contributed by atoms with van der Waals surface area (Å²) in [5.41, 5.74) is 0. The van der Waals surface area contributed by atoms with Gasteiger partial charge >= 0.3 is 0 Å². The molecule has 4 heteroatoms. The van der Waals surface area contributed by atoms with Gasteiger partial charge in [0, 0.05) is 12.4 Å². The molecule has 0 aliphatic carbocycles. The smallest absolute Gasteiger partial charge is 0.207 e. The number of amides is 1. The van der Waals surface area contributed by atoms with Crippen molar-refractivity contribution in [3.63, 3.8) is 0 Å². The fourth-order valence-corrected chi connectivity index (χ4v) is 0.940. The fourth-order valence-electron chi connectivity index (χ4n) is 0.940. The summed E-state index contributed by atoms with van der Waals surface area (Å²) in [4.78, 5) is 17.1. The van der Waals surface area contributed by atoms with Crippen LogP contribution in [0.1, 0.15) is 25.2 Å². The Morgan fingerprint density at radius 2 is 2.73 bits per heavy atom. The highest BCUT2D eigenvalue weighted by atomic mass is 16.1. The summed E-state index contributed by atoms with van der Waals surface area (Å²) >= 11 is 0. The molecule has 0 saturated carbocycles. The topological polar surface area (TPSA) is 57.8 Å². The predicted octanol–water partition coefficient (Wildman–Crippen LogP) is 0.607. The molecule has 0 aromatic carbocycles. The third-order valence-corrected chi connectivity index (χ3v) is 1.53. The van der Waals surface area contributed by atoms with Crippen molar-refractivity contribution in [2.45, 2.75) is 19.4 Å². The van der Waals surface area contributed by atoms with Crippen LogP contribution in [0, 0.1) is 0 Å². The molecule has 2 N–H and O–H groups in total. The van der Waals surface area contributed by atoms with Crippen molar-refractivity contribution in [1.82, 2.24) is 15.3 Å². The monoisotopic (exact) mass is 153 g/mol. The number of nitrogens with zero attached hydrogens (tertiary/aromatic N) is 1. The molecule has 1 heterocycles. The van der Waals surface area contributed by atoms with Crippen LogP contribution in [0.15, 0.2) is 12.4 Å². The van der Waals surface area contributed by atoms with Gasteiger partial charge in [0.25, 0.3) is 0 Å².